The smallest absolute Gasteiger partial charge is 0.415 e. The predicted molar refractivity (Wildman–Crippen MR) is 103 cm³/mol. The maximum atomic E-state index is 13.1. The van der Waals surface area contributed by atoms with Gasteiger partial charge in [0.1, 0.15) is 5.82 Å². The highest BCUT2D eigenvalue weighted by Crippen LogP contribution is 2.31. The SMILES string of the molecule is O=c1ccnc(-c2cccc(C(F)(F)F)c2)n1Cc1ccc(-c2nnc(C(F)F)o2)cc1. The van der Waals surface area contributed by atoms with Crippen LogP contribution in [0.1, 0.15) is 23.4 Å². The van der Waals surface area contributed by atoms with Gasteiger partial charge in [0.2, 0.25) is 5.89 Å². The standard InChI is InChI=1S/C21H13F5N4O2/c22-17(23)20-29-28-19(32-20)13-6-4-12(5-7-13)11-30-16(31)8-9-27-18(30)14-2-1-3-15(10-14)21(24,25)26/h1-10,17H,11H2. The summed E-state index contributed by atoms with van der Waals surface area (Å²) in [7, 11) is 0. The summed E-state index contributed by atoms with van der Waals surface area (Å²) in [6.45, 7) is 0.0185. The molecule has 0 saturated heterocycles. The fourth-order valence-corrected chi connectivity index (χ4v) is 3.03. The van der Waals surface area contributed by atoms with Gasteiger partial charge in [0, 0.05) is 23.4 Å². The molecule has 2 heterocycles. The molecule has 32 heavy (non-hydrogen) atoms. The Bertz CT molecular complexity index is 1300. The summed E-state index contributed by atoms with van der Waals surface area (Å²) in [6, 6.07) is 12.1. The Hall–Kier alpha value is -3.89. The Kier molecular flexibility index (Phi) is 5.56. The highest BCUT2D eigenvalue weighted by atomic mass is 19.4. The molecule has 164 valence electrons. The zero-order valence-corrected chi connectivity index (χ0v) is 16.1. The van der Waals surface area contributed by atoms with Crippen molar-refractivity contribution in [2.45, 2.75) is 19.1 Å². The third-order valence-corrected chi connectivity index (χ3v) is 4.55. The molecule has 2 aromatic carbocycles. The van der Waals surface area contributed by atoms with E-state index in [1.807, 2.05) is 0 Å². The van der Waals surface area contributed by atoms with Crippen LogP contribution >= 0.6 is 0 Å². The van der Waals surface area contributed by atoms with Crippen molar-refractivity contribution in [1.82, 2.24) is 19.7 Å². The lowest BCUT2D eigenvalue weighted by Crippen LogP contribution is -2.22. The first kappa shape index (κ1) is 21.3. The third-order valence-electron chi connectivity index (χ3n) is 4.55. The number of benzene rings is 2. The second kappa shape index (κ2) is 8.33. The Balaban J connectivity index is 1.65. The van der Waals surface area contributed by atoms with Crippen molar-refractivity contribution >= 4 is 0 Å². The number of rotatable bonds is 5. The molecular weight excluding hydrogens is 435 g/mol. The fraction of sp³-hybridized carbons (Fsp3) is 0.143. The van der Waals surface area contributed by atoms with Crippen molar-refractivity contribution in [3.8, 4) is 22.8 Å². The second-order valence-electron chi connectivity index (χ2n) is 6.71. The molecule has 4 aromatic rings. The summed E-state index contributed by atoms with van der Waals surface area (Å²) in [5, 5.41) is 6.83. The molecule has 11 heteroatoms. The zero-order chi connectivity index (χ0) is 22.9. The van der Waals surface area contributed by atoms with Crippen LogP contribution in [0.2, 0.25) is 0 Å². The minimum absolute atomic E-state index is 0.0185. The van der Waals surface area contributed by atoms with Crippen LogP contribution in [-0.4, -0.2) is 19.7 Å². The molecule has 0 fully saturated rings. The van der Waals surface area contributed by atoms with Gasteiger partial charge in [-0.3, -0.25) is 9.36 Å². The maximum absolute atomic E-state index is 13.1. The summed E-state index contributed by atoms with van der Waals surface area (Å²) < 4.78 is 70.6. The quantitative estimate of drug-likeness (QED) is 0.404. The van der Waals surface area contributed by atoms with Crippen LogP contribution in [0.3, 0.4) is 0 Å². The lowest BCUT2D eigenvalue weighted by molar-refractivity contribution is -0.137. The lowest BCUT2D eigenvalue weighted by atomic mass is 10.1. The van der Waals surface area contributed by atoms with Crippen LogP contribution < -0.4 is 5.56 Å². The largest absolute Gasteiger partial charge is 0.416 e. The number of aromatic nitrogens is 4. The molecule has 0 radical (unpaired) electrons. The maximum Gasteiger partial charge on any atom is 0.416 e. The van der Waals surface area contributed by atoms with E-state index in [9.17, 15) is 26.7 Å². The molecule has 6 nitrogen and oxygen atoms in total. The van der Waals surface area contributed by atoms with Gasteiger partial charge >= 0.3 is 12.6 Å². The Labute approximate surface area is 177 Å². The van der Waals surface area contributed by atoms with E-state index in [4.69, 9.17) is 4.42 Å². The third kappa shape index (κ3) is 4.41. The van der Waals surface area contributed by atoms with Crippen molar-refractivity contribution in [2.75, 3.05) is 0 Å². The van der Waals surface area contributed by atoms with E-state index in [-0.39, 0.29) is 23.8 Å². The van der Waals surface area contributed by atoms with E-state index in [1.165, 1.54) is 29.0 Å². The van der Waals surface area contributed by atoms with Gasteiger partial charge < -0.3 is 4.42 Å². The average molecular weight is 448 g/mol. The minimum Gasteiger partial charge on any atom is -0.415 e. The molecule has 0 bridgehead atoms. The molecule has 0 aliphatic rings. The highest BCUT2D eigenvalue weighted by Gasteiger charge is 2.30. The molecule has 2 aromatic heterocycles. The van der Waals surface area contributed by atoms with Crippen LogP contribution in [-0.2, 0) is 12.7 Å². The molecule has 0 unspecified atom stereocenters. The fourth-order valence-electron chi connectivity index (χ4n) is 3.03. The first-order valence-electron chi connectivity index (χ1n) is 9.17. The molecule has 0 amide bonds. The molecule has 0 N–H and O–H groups in total. The van der Waals surface area contributed by atoms with Crippen LogP contribution in [0.4, 0.5) is 22.0 Å². The van der Waals surface area contributed by atoms with E-state index in [1.54, 1.807) is 24.3 Å². The molecule has 0 aliphatic carbocycles. The van der Waals surface area contributed by atoms with Gasteiger partial charge in [0.15, 0.2) is 0 Å². The Morgan fingerprint density at radius 1 is 0.969 bits per heavy atom. The van der Waals surface area contributed by atoms with E-state index in [0.717, 1.165) is 12.1 Å². The van der Waals surface area contributed by atoms with Gasteiger partial charge in [-0.1, -0.05) is 24.3 Å². The van der Waals surface area contributed by atoms with Gasteiger partial charge in [0.05, 0.1) is 12.1 Å². The monoisotopic (exact) mass is 448 g/mol. The molecule has 0 atom stereocenters. The van der Waals surface area contributed by atoms with Crippen molar-refractivity contribution < 1.29 is 26.4 Å². The van der Waals surface area contributed by atoms with Crippen LogP contribution in [0.25, 0.3) is 22.8 Å². The summed E-state index contributed by atoms with van der Waals surface area (Å²) in [6.07, 6.45) is -6.19. The van der Waals surface area contributed by atoms with Crippen LogP contribution in [0, 0.1) is 0 Å². The molecule has 0 aliphatic heterocycles. The predicted octanol–water partition coefficient (Wildman–Crippen LogP) is 4.97. The van der Waals surface area contributed by atoms with E-state index < -0.39 is 29.6 Å². The zero-order valence-electron chi connectivity index (χ0n) is 16.1. The van der Waals surface area contributed by atoms with E-state index >= 15 is 0 Å². The molecule has 0 spiro atoms. The van der Waals surface area contributed by atoms with Crippen molar-refractivity contribution in [3.63, 3.8) is 0 Å². The second-order valence-corrected chi connectivity index (χ2v) is 6.71. The number of hydrogen-bond acceptors (Lipinski definition) is 5. The molecular formula is C21H13F5N4O2. The van der Waals surface area contributed by atoms with Crippen LogP contribution in [0.15, 0.2) is 70.0 Å². The van der Waals surface area contributed by atoms with Gasteiger partial charge in [-0.15, -0.1) is 10.2 Å². The van der Waals surface area contributed by atoms with E-state index in [2.05, 4.69) is 15.2 Å². The summed E-state index contributed by atoms with van der Waals surface area (Å²) >= 11 is 0. The normalized spacial score (nSPS) is 11.8. The highest BCUT2D eigenvalue weighted by molar-refractivity contribution is 5.57. The van der Waals surface area contributed by atoms with Crippen molar-refractivity contribution in [1.29, 1.82) is 0 Å². The number of halogens is 5. The Morgan fingerprint density at radius 2 is 1.72 bits per heavy atom. The average Bonchev–Trinajstić information content (AvgIpc) is 3.26. The van der Waals surface area contributed by atoms with Crippen LogP contribution in [0.5, 0.6) is 0 Å². The van der Waals surface area contributed by atoms with Crippen molar-refractivity contribution in [3.05, 3.63) is 88.2 Å². The first-order chi connectivity index (χ1) is 15.2. The number of alkyl halides is 5. The topological polar surface area (TPSA) is 73.8 Å². The lowest BCUT2D eigenvalue weighted by Gasteiger charge is -2.13. The number of hydrogen-bond donors (Lipinski definition) is 0. The minimum atomic E-state index is -4.54. The van der Waals surface area contributed by atoms with Gasteiger partial charge in [0.25, 0.3) is 11.4 Å². The molecule has 0 saturated carbocycles. The summed E-state index contributed by atoms with van der Waals surface area (Å²) in [5.41, 5.74) is -0.156. The van der Waals surface area contributed by atoms with Gasteiger partial charge in [-0.25, -0.2) is 4.98 Å². The summed E-state index contributed by atoms with van der Waals surface area (Å²) in [4.78, 5) is 16.6. The first-order valence-corrected chi connectivity index (χ1v) is 9.17. The Morgan fingerprint density at radius 3 is 2.38 bits per heavy atom. The van der Waals surface area contributed by atoms with Gasteiger partial charge in [-0.05, 0) is 29.8 Å². The van der Waals surface area contributed by atoms with E-state index in [0.29, 0.717) is 11.1 Å². The summed E-state index contributed by atoms with van der Waals surface area (Å²) in [5.74, 6) is -0.807. The molecule has 4 rings (SSSR count). The number of nitrogens with zero attached hydrogens (tertiary/aromatic N) is 4. The van der Waals surface area contributed by atoms with Gasteiger partial charge in [-0.2, -0.15) is 22.0 Å². The van der Waals surface area contributed by atoms with Crippen molar-refractivity contribution in [2.24, 2.45) is 0 Å².